The fourth-order valence-corrected chi connectivity index (χ4v) is 5.36. The van der Waals surface area contributed by atoms with Gasteiger partial charge in [-0.15, -0.1) is 0 Å². The Kier molecular flexibility index (Phi) is 4.01. The van der Waals surface area contributed by atoms with Gasteiger partial charge in [0.05, 0.1) is 10.5 Å². The summed E-state index contributed by atoms with van der Waals surface area (Å²) in [6.07, 6.45) is 5.83. The highest BCUT2D eigenvalue weighted by molar-refractivity contribution is 7.89. The van der Waals surface area contributed by atoms with Crippen LogP contribution in [-0.2, 0) is 10.0 Å². The summed E-state index contributed by atoms with van der Waals surface area (Å²) in [5.74, 6) is 1.19. The minimum Gasteiger partial charge on any atom is -0.207 e. The topological polar surface area (TPSA) is 61.2 Å². The molecule has 2 aliphatic rings. The van der Waals surface area contributed by atoms with Crippen LogP contribution in [0.3, 0.4) is 0 Å². The molecule has 0 aromatic heterocycles. The summed E-state index contributed by atoms with van der Waals surface area (Å²) in [7, 11) is -3.54. The molecule has 112 valence electrons. The van der Waals surface area contributed by atoms with Crippen LogP contribution in [0.2, 0.25) is 0 Å². The molecule has 1 saturated carbocycles. The summed E-state index contributed by atoms with van der Waals surface area (Å²) in [5, 5.41) is 9.13. The van der Waals surface area contributed by atoms with E-state index in [4.69, 9.17) is 5.26 Å². The van der Waals surface area contributed by atoms with Crippen molar-refractivity contribution >= 4 is 10.0 Å². The van der Waals surface area contributed by atoms with Crippen molar-refractivity contribution in [3.05, 3.63) is 29.8 Å². The standard InChI is InChI=1S/C16H20N2O2S/c17-11-14-6-3-4-8-16(14)21(19,20)18-10-9-13-5-1-2-7-15(13)12-18/h3-4,6,8,13,15H,1-2,5,7,9-10,12H2. The number of fused-ring (bicyclic) bond motifs is 1. The van der Waals surface area contributed by atoms with Gasteiger partial charge in [0.25, 0.3) is 0 Å². The molecule has 2 unspecified atom stereocenters. The molecule has 1 aromatic rings. The first-order valence-electron chi connectivity index (χ1n) is 7.62. The van der Waals surface area contributed by atoms with Crippen LogP contribution < -0.4 is 0 Å². The highest BCUT2D eigenvalue weighted by Crippen LogP contribution is 2.37. The zero-order valence-electron chi connectivity index (χ0n) is 12.0. The van der Waals surface area contributed by atoms with Crippen molar-refractivity contribution in [2.45, 2.75) is 37.0 Å². The largest absolute Gasteiger partial charge is 0.244 e. The monoisotopic (exact) mass is 304 g/mol. The second kappa shape index (κ2) is 5.78. The van der Waals surface area contributed by atoms with Crippen LogP contribution >= 0.6 is 0 Å². The van der Waals surface area contributed by atoms with Crippen molar-refractivity contribution in [1.29, 1.82) is 5.26 Å². The fraction of sp³-hybridized carbons (Fsp3) is 0.562. The van der Waals surface area contributed by atoms with E-state index in [1.165, 1.54) is 19.3 Å². The van der Waals surface area contributed by atoms with E-state index >= 15 is 0 Å². The van der Waals surface area contributed by atoms with E-state index in [2.05, 4.69) is 0 Å². The number of nitriles is 1. The second-order valence-corrected chi connectivity index (χ2v) is 7.97. The van der Waals surface area contributed by atoms with Gasteiger partial charge in [0.2, 0.25) is 10.0 Å². The zero-order chi connectivity index (χ0) is 14.9. The molecule has 1 heterocycles. The fourth-order valence-electron chi connectivity index (χ4n) is 3.71. The summed E-state index contributed by atoms with van der Waals surface area (Å²) >= 11 is 0. The van der Waals surface area contributed by atoms with Crippen LogP contribution in [0.25, 0.3) is 0 Å². The summed E-state index contributed by atoms with van der Waals surface area (Å²) in [4.78, 5) is 0.154. The molecule has 1 aromatic carbocycles. The van der Waals surface area contributed by atoms with Crippen molar-refractivity contribution in [3.63, 3.8) is 0 Å². The lowest BCUT2D eigenvalue weighted by molar-refractivity contribution is 0.136. The normalized spacial score (nSPS) is 26.8. The van der Waals surface area contributed by atoms with E-state index < -0.39 is 10.0 Å². The first-order valence-corrected chi connectivity index (χ1v) is 9.06. The quantitative estimate of drug-likeness (QED) is 0.844. The van der Waals surface area contributed by atoms with Crippen LogP contribution in [-0.4, -0.2) is 25.8 Å². The minimum absolute atomic E-state index is 0.154. The van der Waals surface area contributed by atoms with Crippen molar-refractivity contribution in [1.82, 2.24) is 4.31 Å². The zero-order valence-corrected chi connectivity index (χ0v) is 12.8. The SMILES string of the molecule is N#Cc1ccccc1S(=O)(=O)N1CCC2CCCCC2C1. The Hall–Kier alpha value is -1.38. The van der Waals surface area contributed by atoms with Gasteiger partial charge in [-0.2, -0.15) is 9.57 Å². The number of hydrogen-bond donors (Lipinski definition) is 0. The number of benzene rings is 1. The number of piperidine rings is 1. The number of sulfonamides is 1. The van der Waals surface area contributed by atoms with Crippen molar-refractivity contribution < 1.29 is 8.42 Å². The van der Waals surface area contributed by atoms with Crippen molar-refractivity contribution in [2.24, 2.45) is 11.8 Å². The molecule has 3 rings (SSSR count). The first-order chi connectivity index (χ1) is 10.1. The molecule has 2 fully saturated rings. The van der Waals surface area contributed by atoms with Crippen LogP contribution in [0.1, 0.15) is 37.7 Å². The van der Waals surface area contributed by atoms with Crippen molar-refractivity contribution in [2.75, 3.05) is 13.1 Å². The van der Waals surface area contributed by atoms with Crippen LogP contribution in [0.5, 0.6) is 0 Å². The highest BCUT2D eigenvalue weighted by Gasteiger charge is 2.37. The lowest BCUT2D eigenvalue weighted by Gasteiger charge is -2.40. The molecule has 4 nitrogen and oxygen atoms in total. The molecule has 0 bridgehead atoms. The van der Waals surface area contributed by atoms with Gasteiger partial charge in [-0.25, -0.2) is 8.42 Å². The molecule has 0 radical (unpaired) electrons. The molecule has 0 spiro atoms. The van der Waals surface area contributed by atoms with Crippen molar-refractivity contribution in [3.8, 4) is 6.07 Å². The maximum absolute atomic E-state index is 12.8. The third kappa shape index (κ3) is 2.70. The Morgan fingerprint density at radius 3 is 2.57 bits per heavy atom. The van der Waals surface area contributed by atoms with Crippen LogP contribution in [0.15, 0.2) is 29.2 Å². The smallest absolute Gasteiger partial charge is 0.207 e. The molecular formula is C16H20N2O2S. The van der Waals surface area contributed by atoms with E-state index in [1.807, 2.05) is 6.07 Å². The maximum Gasteiger partial charge on any atom is 0.244 e. The van der Waals surface area contributed by atoms with Gasteiger partial charge in [-0.3, -0.25) is 0 Å². The molecule has 0 amide bonds. The van der Waals surface area contributed by atoms with Gasteiger partial charge in [-0.05, 0) is 36.8 Å². The summed E-state index contributed by atoms with van der Waals surface area (Å²) in [6, 6.07) is 8.48. The molecule has 5 heteroatoms. The van der Waals surface area contributed by atoms with Gasteiger partial charge in [-0.1, -0.05) is 31.4 Å². The molecule has 1 aliphatic carbocycles. The van der Waals surface area contributed by atoms with Gasteiger partial charge in [0.15, 0.2) is 0 Å². The predicted molar refractivity (Wildman–Crippen MR) is 80.0 cm³/mol. The Balaban J connectivity index is 1.87. The van der Waals surface area contributed by atoms with Gasteiger partial charge in [0, 0.05) is 13.1 Å². The second-order valence-electron chi connectivity index (χ2n) is 6.06. The molecule has 2 atom stereocenters. The Labute approximate surface area is 126 Å². The van der Waals surface area contributed by atoms with Crippen LogP contribution in [0.4, 0.5) is 0 Å². The Morgan fingerprint density at radius 1 is 1.10 bits per heavy atom. The first kappa shape index (κ1) is 14.6. The number of hydrogen-bond acceptors (Lipinski definition) is 3. The molecule has 1 saturated heterocycles. The maximum atomic E-state index is 12.8. The third-order valence-electron chi connectivity index (χ3n) is 4.88. The lowest BCUT2D eigenvalue weighted by Crippen LogP contribution is -2.44. The third-order valence-corrected chi connectivity index (χ3v) is 6.80. The van der Waals surface area contributed by atoms with Gasteiger partial charge in [0.1, 0.15) is 6.07 Å². The van der Waals surface area contributed by atoms with Gasteiger partial charge >= 0.3 is 0 Å². The van der Waals surface area contributed by atoms with E-state index in [0.29, 0.717) is 24.9 Å². The molecule has 0 N–H and O–H groups in total. The predicted octanol–water partition coefficient (Wildman–Crippen LogP) is 2.76. The highest BCUT2D eigenvalue weighted by atomic mass is 32.2. The average molecular weight is 304 g/mol. The van der Waals surface area contributed by atoms with E-state index in [1.54, 1.807) is 28.6 Å². The number of nitrogens with zero attached hydrogens (tertiary/aromatic N) is 2. The lowest BCUT2D eigenvalue weighted by atomic mass is 9.76. The van der Waals surface area contributed by atoms with E-state index in [9.17, 15) is 8.42 Å². The summed E-state index contributed by atoms with van der Waals surface area (Å²) in [5.41, 5.74) is 0.239. The summed E-state index contributed by atoms with van der Waals surface area (Å²) < 4.78 is 27.2. The van der Waals surface area contributed by atoms with E-state index in [0.717, 1.165) is 12.8 Å². The van der Waals surface area contributed by atoms with Crippen LogP contribution in [0, 0.1) is 23.2 Å². The van der Waals surface area contributed by atoms with Gasteiger partial charge < -0.3 is 0 Å². The minimum atomic E-state index is -3.54. The molecule has 1 aliphatic heterocycles. The average Bonchev–Trinajstić information content (AvgIpc) is 2.54. The molecule has 21 heavy (non-hydrogen) atoms. The molecular weight excluding hydrogens is 284 g/mol. The summed E-state index contributed by atoms with van der Waals surface area (Å²) in [6.45, 7) is 1.20. The van der Waals surface area contributed by atoms with E-state index in [-0.39, 0.29) is 10.5 Å². The Morgan fingerprint density at radius 2 is 1.81 bits per heavy atom. The Bertz CT molecular complexity index is 663. The number of rotatable bonds is 2.